The van der Waals surface area contributed by atoms with Crippen LogP contribution >= 0.6 is 0 Å². The van der Waals surface area contributed by atoms with Crippen molar-refractivity contribution in [2.24, 2.45) is 0 Å². The van der Waals surface area contributed by atoms with Gasteiger partial charge in [-0.2, -0.15) is 0 Å². The van der Waals surface area contributed by atoms with Gasteiger partial charge in [-0.25, -0.2) is 0 Å². The van der Waals surface area contributed by atoms with Gasteiger partial charge in [0.2, 0.25) is 5.43 Å². The summed E-state index contributed by atoms with van der Waals surface area (Å²) in [4.78, 5) is 14.4. The maximum Gasteiger partial charge on any atom is 0.200 e. The summed E-state index contributed by atoms with van der Waals surface area (Å²) in [6, 6.07) is 13.4. The number of phenolic OH excluding ortho intramolecular Hbond substituents is 1. The van der Waals surface area contributed by atoms with Gasteiger partial charge >= 0.3 is 0 Å². The maximum atomic E-state index is 13.0. The molecular formula is C22H24NO3+. The predicted octanol–water partition coefficient (Wildman–Crippen LogP) is 3.12. The lowest BCUT2D eigenvalue weighted by Crippen LogP contribution is -3.14. The monoisotopic (exact) mass is 350 g/mol. The fourth-order valence-corrected chi connectivity index (χ4v) is 3.98. The third-order valence-electron chi connectivity index (χ3n) is 5.59. The molecule has 2 heterocycles. The van der Waals surface area contributed by atoms with Gasteiger partial charge in [-0.3, -0.25) is 4.79 Å². The number of rotatable bonds is 3. The summed E-state index contributed by atoms with van der Waals surface area (Å²) < 4.78 is 5.89. The normalized spacial score (nSPS) is 20.3. The van der Waals surface area contributed by atoms with Gasteiger partial charge in [-0.1, -0.05) is 30.3 Å². The van der Waals surface area contributed by atoms with Gasteiger partial charge < -0.3 is 14.4 Å². The number of hydrogen-bond donors (Lipinski definition) is 2. The number of phenols is 1. The smallest absolute Gasteiger partial charge is 0.200 e. The van der Waals surface area contributed by atoms with Gasteiger partial charge in [0, 0.05) is 0 Å². The number of aromatic hydroxyl groups is 1. The van der Waals surface area contributed by atoms with Crippen LogP contribution in [-0.4, -0.2) is 17.7 Å². The van der Waals surface area contributed by atoms with Gasteiger partial charge in [0.05, 0.1) is 29.1 Å². The van der Waals surface area contributed by atoms with E-state index in [1.165, 1.54) is 30.4 Å². The van der Waals surface area contributed by atoms with Crippen LogP contribution in [0.5, 0.6) is 5.75 Å². The molecule has 134 valence electrons. The molecule has 0 amide bonds. The first-order chi connectivity index (χ1) is 12.6. The molecule has 26 heavy (non-hydrogen) atoms. The summed E-state index contributed by atoms with van der Waals surface area (Å²) in [5, 5.41) is 11.0. The predicted molar refractivity (Wildman–Crippen MR) is 102 cm³/mol. The van der Waals surface area contributed by atoms with Crippen molar-refractivity contribution >= 4 is 11.0 Å². The molecule has 0 aliphatic carbocycles. The molecule has 1 aliphatic heterocycles. The van der Waals surface area contributed by atoms with Gasteiger partial charge in [0.1, 0.15) is 24.1 Å². The van der Waals surface area contributed by atoms with Crippen LogP contribution in [0.3, 0.4) is 0 Å². The van der Waals surface area contributed by atoms with E-state index in [0.717, 1.165) is 17.7 Å². The topological polar surface area (TPSA) is 54.9 Å². The molecule has 1 unspecified atom stereocenters. The Morgan fingerprint density at radius 3 is 2.73 bits per heavy atom. The number of likely N-dealkylation sites (tertiary alicyclic amines) is 1. The summed E-state index contributed by atoms with van der Waals surface area (Å²) in [6.45, 7) is 4.02. The minimum Gasteiger partial charge on any atom is -0.507 e. The lowest BCUT2D eigenvalue weighted by Gasteiger charge is -2.30. The largest absolute Gasteiger partial charge is 0.507 e. The van der Waals surface area contributed by atoms with Crippen LogP contribution < -0.4 is 10.3 Å². The highest BCUT2D eigenvalue weighted by molar-refractivity contribution is 5.85. The zero-order valence-corrected chi connectivity index (χ0v) is 15.0. The van der Waals surface area contributed by atoms with E-state index in [1.54, 1.807) is 12.1 Å². The standard InChI is InChI=1S/C22H23NO3/c1-15-7-5-6-12-23(15)13-18-20(24)11-10-17-21(25)19(14-26-22(17)18)16-8-3-2-4-9-16/h2-4,8-11,14-15,24H,5-7,12-13H2,1H3/p+1/t15-/m0/s1. The molecule has 3 aromatic rings. The van der Waals surface area contributed by atoms with Crippen LogP contribution in [-0.2, 0) is 6.54 Å². The van der Waals surface area contributed by atoms with E-state index in [2.05, 4.69) is 6.92 Å². The maximum absolute atomic E-state index is 13.0. The molecule has 0 saturated carbocycles. The SMILES string of the molecule is C[C@H]1CCCC[NH+]1Cc1c(O)ccc2c(=O)c(-c3ccccc3)coc12. The van der Waals surface area contributed by atoms with Gasteiger partial charge in [0.25, 0.3) is 0 Å². The summed E-state index contributed by atoms with van der Waals surface area (Å²) in [6.07, 6.45) is 5.19. The first-order valence-corrected chi connectivity index (χ1v) is 9.31. The van der Waals surface area contributed by atoms with E-state index in [-0.39, 0.29) is 11.2 Å². The third-order valence-corrected chi connectivity index (χ3v) is 5.59. The van der Waals surface area contributed by atoms with Crippen LogP contribution in [0.2, 0.25) is 0 Å². The molecule has 0 spiro atoms. The molecule has 2 N–H and O–H groups in total. The van der Waals surface area contributed by atoms with Gasteiger partial charge in [-0.15, -0.1) is 0 Å². The summed E-state index contributed by atoms with van der Waals surface area (Å²) >= 11 is 0. The summed E-state index contributed by atoms with van der Waals surface area (Å²) in [5.41, 5.74) is 2.59. The Labute approximate surface area is 152 Å². The lowest BCUT2D eigenvalue weighted by molar-refractivity contribution is -0.941. The van der Waals surface area contributed by atoms with Crippen molar-refractivity contribution in [3.8, 4) is 16.9 Å². The van der Waals surface area contributed by atoms with E-state index in [1.807, 2.05) is 30.3 Å². The fourth-order valence-electron chi connectivity index (χ4n) is 3.98. The molecule has 4 nitrogen and oxygen atoms in total. The summed E-state index contributed by atoms with van der Waals surface area (Å²) in [7, 11) is 0. The van der Waals surface area contributed by atoms with E-state index in [9.17, 15) is 9.90 Å². The van der Waals surface area contributed by atoms with Crippen LogP contribution in [0, 0.1) is 0 Å². The van der Waals surface area contributed by atoms with Crippen molar-refractivity contribution in [2.75, 3.05) is 6.54 Å². The van der Waals surface area contributed by atoms with Gasteiger partial charge in [0.15, 0.2) is 0 Å². The number of piperidine rings is 1. The second-order valence-electron chi connectivity index (χ2n) is 7.27. The molecular weight excluding hydrogens is 326 g/mol. The molecule has 0 bridgehead atoms. The van der Waals surface area contributed by atoms with Crippen molar-refractivity contribution in [3.05, 3.63) is 64.5 Å². The number of fused-ring (bicyclic) bond motifs is 1. The minimum absolute atomic E-state index is 0.0552. The Morgan fingerprint density at radius 1 is 1.15 bits per heavy atom. The van der Waals surface area contributed by atoms with Crippen LogP contribution in [0.1, 0.15) is 31.7 Å². The molecule has 4 rings (SSSR count). The van der Waals surface area contributed by atoms with E-state index < -0.39 is 0 Å². The van der Waals surface area contributed by atoms with Crippen LogP contribution in [0.25, 0.3) is 22.1 Å². The zero-order chi connectivity index (χ0) is 18.1. The number of hydrogen-bond acceptors (Lipinski definition) is 3. The molecule has 2 atom stereocenters. The quantitative estimate of drug-likeness (QED) is 0.763. The minimum atomic E-state index is -0.0552. The van der Waals surface area contributed by atoms with Crippen molar-refractivity contribution in [1.29, 1.82) is 0 Å². The van der Waals surface area contributed by atoms with E-state index in [4.69, 9.17) is 4.42 Å². The molecule has 4 heteroatoms. The van der Waals surface area contributed by atoms with Crippen molar-refractivity contribution in [2.45, 2.75) is 38.8 Å². The highest BCUT2D eigenvalue weighted by Gasteiger charge is 2.25. The Hall–Kier alpha value is -2.59. The molecule has 0 radical (unpaired) electrons. The molecule has 1 aromatic heterocycles. The lowest BCUT2D eigenvalue weighted by atomic mass is 10.0. The number of quaternary nitrogens is 1. The fraction of sp³-hybridized carbons (Fsp3) is 0.318. The Morgan fingerprint density at radius 2 is 1.96 bits per heavy atom. The molecule has 1 fully saturated rings. The summed E-state index contributed by atoms with van der Waals surface area (Å²) in [5.74, 6) is 0.207. The second-order valence-corrected chi connectivity index (χ2v) is 7.27. The highest BCUT2D eigenvalue weighted by atomic mass is 16.3. The Bertz CT molecular complexity index is 978. The zero-order valence-electron chi connectivity index (χ0n) is 15.0. The van der Waals surface area contributed by atoms with Crippen LogP contribution in [0.4, 0.5) is 0 Å². The third kappa shape index (κ3) is 3.01. The number of benzene rings is 2. The van der Waals surface area contributed by atoms with E-state index in [0.29, 0.717) is 29.1 Å². The molecule has 1 saturated heterocycles. The average Bonchev–Trinajstić information content (AvgIpc) is 2.66. The second kappa shape index (κ2) is 6.96. The first kappa shape index (κ1) is 16.9. The van der Waals surface area contributed by atoms with Crippen molar-refractivity contribution in [3.63, 3.8) is 0 Å². The van der Waals surface area contributed by atoms with Crippen molar-refractivity contribution in [1.82, 2.24) is 0 Å². The Balaban J connectivity index is 1.80. The first-order valence-electron chi connectivity index (χ1n) is 9.31. The Kier molecular flexibility index (Phi) is 4.51. The van der Waals surface area contributed by atoms with Crippen molar-refractivity contribution < 1.29 is 14.4 Å². The van der Waals surface area contributed by atoms with Crippen LogP contribution in [0.15, 0.2) is 57.9 Å². The molecule has 1 aliphatic rings. The van der Waals surface area contributed by atoms with E-state index >= 15 is 0 Å². The van der Waals surface area contributed by atoms with Gasteiger partial charge in [-0.05, 0) is 43.9 Å². The number of nitrogens with one attached hydrogen (secondary N) is 1. The highest BCUT2D eigenvalue weighted by Crippen LogP contribution is 2.27. The average molecular weight is 350 g/mol. The molecule has 2 aromatic carbocycles.